The Hall–Kier alpha value is -1.55. The summed E-state index contributed by atoms with van der Waals surface area (Å²) in [4.78, 5) is 10.7. The van der Waals surface area contributed by atoms with Crippen molar-refractivity contribution in [2.45, 2.75) is 25.6 Å². The molecule has 1 aliphatic heterocycles. The molecular formula is C13H16O4. The summed E-state index contributed by atoms with van der Waals surface area (Å²) >= 11 is 0. The van der Waals surface area contributed by atoms with Gasteiger partial charge in [0.05, 0.1) is 19.3 Å². The van der Waals surface area contributed by atoms with Crippen molar-refractivity contribution in [2.75, 3.05) is 13.7 Å². The van der Waals surface area contributed by atoms with E-state index in [2.05, 4.69) is 0 Å². The van der Waals surface area contributed by atoms with Crippen LogP contribution in [0.2, 0.25) is 0 Å². The molecule has 4 heteroatoms. The van der Waals surface area contributed by atoms with Gasteiger partial charge < -0.3 is 14.2 Å². The first-order valence-electron chi connectivity index (χ1n) is 5.75. The highest BCUT2D eigenvalue weighted by molar-refractivity contribution is 5.79. The predicted octanol–water partition coefficient (Wildman–Crippen LogP) is 2.41. The zero-order chi connectivity index (χ0) is 12.1. The summed E-state index contributed by atoms with van der Waals surface area (Å²) < 4.78 is 16.3. The van der Waals surface area contributed by atoms with Gasteiger partial charge in [-0.1, -0.05) is 0 Å². The van der Waals surface area contributed by atoms with E-state index in [-0.39, 0.29) is 6.29 Å². The quantitative estimate of drug-likeness (QED) is 0.753. The molecule has 0 amide bonds. The highest BCUT2D eigenvalue weighted by Crippen LogP contribution is 2.25. The van der Waals surface area contributed by atoms with Gasteiger partial charge in [-0.3, -0.25) is 4.79 Å². The maximum atomic E-state index is 10.7. The van der Waals surface area contributed by atoms with Crippen LogP contribution in [0.15, 0.2) is 18.2 Å². The van der Waals surface area contributed by atoms with Crippen molar-refractivity contribution in [1.82, 2.24) is 0 Å². The molecule has 1 aliphatic rings. The predicted molar refractivity (Wildman–Crippen MR) is 62.6 cm³/mol. The Kier molecular flexibility index (Phi) is 3.98. The molecule has 1 aromatic rings. The van der Waals surface area contributed by atoms with E-state index >= 15 is 0 Å². The number of aldehydes is 1. The van der Waals surface area contributed by atoms with Crippen LogP contribution in [-0.2, 0) is 4.74 Å². The molecule has 0 saturated carbocycles. The first kappa shape index (κ1) is 11.9. The molecule has 1 fully saturated rings. The maximum Gasteiger partial charge on any atom is 0.199 e. The lowest BCUT2D eigenvalue weighted by Gasteiger charge is -2.23. The monoisotopic (exact) mass is 236 g/mol. The summed E-state index contributed by atoms with van der Waals surface area (Å²) in [5.74, 6) is 1.19. The molecule has 1 heterocycles. The number of methoxy groups -OCH3 is 1. The molecule has 1 atom stereocenters. The van der Waals surface area contributed by atoms with Gasteiger partial charge in [0.2, 0.25) is 0 Å². The molecule has 0 N–H and O–H groups in total. The van der Waals surface area contributed by atoms with Gasteiger partial charge in [0, 0.05) is 12.5 Å². The van der Waals surface area contributed by atoms with Gasteiger partial charge in [-0.05, 0) is 25.0 Å². The van der Waals surface area contributed by atoms with Gasteiger partial charge in [0.15, 0.2) is 12.6 Å². The Morgan fingerprint density at radius 3 is 2.94 bits per heavy atom. The second-order valence-corrected chi connectivity index (χ2v) is 3.94. The third kappa shape index (κ3) is 2.97. The molecule has 1 saturated heterocycles. The fourth-order valence-electron chi connectivity index (χ4n) is 1.82. The van der Waals surface area contributed by atoms with E-state index in [4.69, 9.17) is 14.2 Å². The summed E-state index contributed by atoms with van der Waals surface area (Å²) in [5, 5.41) is 0. The number of carbonyl (C=O) groups excluding carboxylic acids is 1. The van der Waals surface area contributed by atoms with E-state index in [9.17, 15) is 4.79 Å². The van der Waals surface area contributed by atoms with Gasteiger partial charge in [0.1, 0.15) is 11.5 Å². The molecule has 92 valence electrons. The van der Waals surface area contributed by atoms with Crippen LogP contribution in [0.3, 0.4) is 0 Å². The number of ether oxygens (including phenoxy) is 3. The fraction of sp³-hybridized carbons (Fsp3) is 0.462. The Morgan fingerprint density at radius 1 is 1.41 bits per heavy atom. The standard InChI is InChI=1S/C13H16O4/c1-15-12-8-11(6-5-10(12)9-14)17-13-4-2-3-7-16-13/h5-6,8-9,13H,2-4,7H2,1H3/t13-/m1/s1. The van der Waals surface area contributed by atoms with Gasteiger partial charge >= 0.3 is 0 Å². The SMILES string of the molecule is COc1cc(O[C@@H]2CCCCO2)ccc1C=O. The summed E-state index contributed by atoms with van der Waals surface area (Å²) in [6, 6.07) is 5.15. The zero-order valence-electron chi connectivity index (χ0n) is 9.85. The molecule has 1 aromatic carbocycles. The lowest BCUT2D eigenvalue weighted by Crippen LogP contribution is -2.24. The first-order chi connectivity index (χ1) is 8.33. The maximum absolute atomic E-state index is 10.7. The normalized spacial score (nSPS) is 19.7. The highest BCUT2D eigenvalue weighted by Gasteiger charge is 2.15. The number of hydrogen-bond donors (Lipinski definition) is 0. The summed E-state index contributed by atoms with van der Waals surface area (Å²) in [6.07, 6.45) is 3.69. The number of benzene rings is 1. The molecule has 2 rings (SSSR count). The second kappa shape index (κ2) is 5.68. The molecule has 0 radical (unpaired) electrons. The largest absolute Gasteiger partial charge is 0.496 e. The van der Waals surface area contributed by atoms with E-state index in [1.165, 1.54) is 7.11 Å². The van der Waals surface area contributed by atoms with Crippen LogP contribution in [0.5, 0.6) is 11.5 Å². The van der Waals surface area contributed by atoms with E-state index in [0.717, 1.165) is 32.2 Å². The average Bonchev–Trinajstić information content (AvgIpc) is 2.40. The lowest BCUT2D eigenvalue weighted by molar-refractivity contribution is -0.105. The minimum absolute atomic E-state index is 0.185. The summed E-state index contributed by atoms with van der Waals surface area (Å²) in [5.41, 5.74) is 0.518. The van der Waals surface area contributed by atoms with Gasteiger partial charge in [0.25, 0.3) is 0 Å². The van der Waals surface area contributed by atoms with Crippen molar-refractivity contribution in [3.05, 3.63) is 23.8 Å². The third-order valence-corrected chi connectivity index (χ3v) is 2.74. The molecule has 0 unspecified atom stereocenters. The van der Waals surface area contributed by atoms with Crippen LogP contribution in [0.25, 0.3) is 0 Å². The molecule has 0 bridgehead atoms. The van der Waals surface area contributed by atoms with E-state index in [0.29, 0.717) is 17.1 Å². The van der Waals surface area contributed by atoms with E-state index in [1.54, 1.807) is 18.2 Å². The van der Waals surface area contributed by atoms with Crippen LogP contribution in [-0.4, -0.2) is 26.3 Å². The topological polar surface area (TPSA) is 44.8 Å². The van der Waals surface area contributed by atoms with Crippen molar-refractivity contribution in [3.63, 3.8) is 0 Å². The zero-order valence-corrected chi connectivity index (χ0v) is 9.85. The van der Waals surface area contributed by atoms with Crippen LogP contribution >= 0.6 is 0 Å². The average molecular weight is 236 g/mol. The lowest BCUT2D eigenvalue weighted by atomic mass is 10.2. The molecule has 0 aromatic heterocycles. The van der Waals surface area contributed by atoms with Crippen molar-refractivity contribution < 1.29 is 19.0 Å². The van der Waals surface area contributed by atoms with Crippen LogP contribution in [0, 0.1) is 0 Å². The Bertz CT molecular complexity index is 383. The molecular weight excluding hydrogens is 220 g/mol. The Labute approximate surface area is 100 Å². The van der Waals surface area contributed by atoms with Gasteiger partial charge in [-0.2, -0.15) is 0 Å². The fourth-order valence-corrected chi connectivity index (χ4v) is 1.82. The van der Waals surface area contributed by atoms with Crippen LogP contribution < -0.4 is 9.47 Å². The number of rotatable bonds is 4. The smallest absolute Gasteiger partial charge is 0.199 e. The van der Waals surface area contributed by atoms with Gasteiger partial charge in [-0.15, -0.1) is 0 Å². The van der Waals surface area contributed by atoms with Crippen LogP contribution in [0.4, 0.5) is 0 Å². The van der Waals surface area contributed by atoms with E-state index < -0.39 is 0 Å². The molecule has 4 nitrogen and oxygen atoms in total. The first-order valence-corrected chi connectivity index (χ1v) is 5.75. The molecule has 17 heavy (non-hydrogen) atoms. The minimum atomic E-state index is -0.185. The van der Waals surface area contributed by atoms with Crippen molar-refractivity contribution in [2.24, 2.45) is 0 Å². The molecule has 0 aliphatic carbocycles. The van der Waals surface area contributed by atoms with Crippen LogP contribution in [0.1, 0.15) is 29.6 Å². The minimum Gasteiger partial charge on any atom is -0.496 e. The third-order valence-electron chi connectivity index (χ3n) is 2.74. The van der Waals surface area contributed by atoms with Crippen molar-refractivity contribution in [1.29, 1.82) is 0 Å². The Morgan fingerprint density at radius 2 is 2.29 bits per heavy atom. The van der Waals surface area contributed by atoms with E-state index in [1.807, 2.05) is 0 Å². The number of hydrogen-bond acceptors (Lipinski definition) is 4. The Balaban J connectivity index is 2.07. The highest BCUT2D eigenvalue weighted by atomic mass is 16.7. The molecule has 0 spiro atoms. The van der Waals surface area contributed by atoms with Crippen molar-refractivity contribution >= 4 is 6.29 Å². The van der Waals surface area contributed by atoms with Gasteiger partial charge in [-0.25, -0.2) is 0 Å². The second-order valence-electron chi connectivity index (χ2n) is 3.94. The number of carbonyl (C=O) groups is 1. The summed E-state index contributed by atoms with van der Waals surface area (Å²) in [6.45, 7) is 0.744. The summed E-state index contributed by atoms with van der Waals surface area (Å²) in [7, 11) is 1.53. The van der Waals surface area contributed by atoms with Crippen molar-refractivity contribution in [3.8, 4) is 11.5 Å².